The maximum absolute atomic E-state index is 6.50. The summed E-state index contributed by atoms with van der Waals surface area (Å²) in [5, 5.41) is 1.02. The van der Waals surface area contributed by atoms with E-state index in [-0.39, 0.29) is 5.38 Å². The SMILES string of the molecule is Cc1cccc(C(Cl)Cc2ccc(Cl)c(Cl)c2)c1Br. The molecule has 0 nitrogen and oxygen atoms in total. The maximum Gasteiger partial charge on any atom is 0.0636 e. The second-order valence-corrected chi connectivity index (χ2v) is 6.53. The molecular weight excluding hydrogens is 366 g/mol. The van der Waals surface area contributed by atoms with Crippen LogP contribution < -0.4 is 0 Å². The molecule has 0 amide bonds. The van der Waals surface area contributed by atoms with Crippen molar-refractivity contribution in [3.63, 3.8) is 0 Å². The van der Waals surface area contributed by atoms with Crippen molar-refractivity contribution in [3.05, 3.63) is 67.6 Å². The van der Waals surface area contributed by atoms with Gasteiger partial charge in [-0.25, -0.2) is 0 Å². The van der Waals surface area contributed by atoms with Crippen LogP contribution in [0.1, 0.15) is 22.1 Å². The van der Waals surface area contributed by atoms with E-state index in [2.05, 4.69) is 28.9 Å². The lowest BCUT2D eigenvalue weighted by molar-refractivity contribution is 0.912. The minimum Gasteiger partial charge on any atom is -0.117 e. The normalized spacial score (nSPS) is 12.5. The molecule has 0 N–H and O–H groups in total. The monoisotopic (exact) mass is 376 g/mol. The Morgan fingerprint density at radius 1 is 1.11 bits per heavy atom. The van der Waals surface area contributed by atoms with Crippen molar-refractivity contribution in [2.45, 2.75) is 18.7 Å². The highest BCUT2D eigenvalue weighted by Gasteiger charge is 2.14. The summed E-state index contributed by atoms with van der Waals surface area (Å²) in [5.74, 6) is 0. The van der Waals surface area contributed by atoms with E-state index in [9.17, 15) is 0 Å². The predicted molar refractivity (Wildman–Crippen MR) is 87.6 cm³/mol. The van der Waals surface area contributed by atoms with Crippen molar-refractivity contribution in [2.24, 2.45) is 0 Å². The summed E-state index contributed by atoms with van der Waals surface area (Å²) in [6.07, 6.45) is 0.709. The van der Waals surface area contributed by atoms with Gasteiger partial charge in [-0.1, -0.05) is 63.4 Å². The van der Waals surface area contributed by atoms with Gasteiger partial charge in [-0.2, -0.15) is 0 Å². The molecule has 0 saturated carbocycles. The molecular formula is C15H12BrCl3. The van der Waals surface area contributed by atoms with Crippen LogP contribution in [-0.2, 0) is 6.42 Å². The smallest absolute Gasteiger partial charge is 0.0636 e. The first-order chi connectivity index (χ1) is 8.99. The van der Waals surface area contributed by atoms with Gasteiger partial charge in [0.1, 0.15) is 0 Å². The van der Waals surface area contributed by atoms with Gasteiger partial charge in [-0.3, -0.25) is 0 Å². The number of hydrogen-bond acceptors (Lipinski definition) is 0. The van der Waals surface area contributed by atoms with Crippen molar-refractivity contribution < 1.29 is 0 Å². The van der Waals surface area contributed by atoms with E-state index in [1.54, 1.807) is 6.07 Å². The first-order valence-electron chi connectivity index (χ1n) is 5.82. The lowest BCUT2D eigenvalue weighted by Crippen LogP contribution is -1.98. The quantitative estimate of drug-likeness (QED) is 0.529. The Morgan fingerprint density at radius 2 is 1.84 bits per heavy atom. The van der Waals surface area contributed by atoms with E-state index in [0.29, 0.717) is 16.5 Å². The van der Waals surface area contributed by atoms with Gasteiger partial charge in [0, 0.05) is 4.47 Å². The van der Waals surface area contributed by atoms with Crippen LogP contribution in [0.15, 0.2) is 40.9 Å². The summed E-state index contributed by atoms with van der Waals surface area (Å²) in [6.45, 7) is 2.05. The average molecular weight is 379 g/mol. The number of halogens is 4. The summed E-state index contributed by atoms with van der Waals surface area (Å²) >= 11 is 22.0. The second kappa shape index (κ2) is 6.49. The lowest BCUT2D eigenvalue weighted by atomic mass is 10.0. The molecule has 0 heterocycles. The highest BCUT2D eigenvalue weighted by Crippen LogP contribution is 2.34. The number of benzene rings is 2. The van der Waals surface area contributed by atoms with Crippen molar-refractivity contribution in [3.8, 4) is 0 Å². The fourth-order valence-corrected chi connectivity index (χ4v) is 3.25. The first-order valence-corrected chi connectivity index (χ1v) is 7.80. The third-order valence-corrected chi connectivity index (χ3v) is 5.17. The van der Waals surface area contributed by atoms with Crippen LogP contribution in [0.5, 0.6) is 0 Å². The van der Waals surface area contributed by atoms with Crippen LogP contribution >= 0.6 is 50.7 Å². The Bertz CT molecular complexity index is 596. The summed E-state index contributed by atoms with van der Waals surface area (Å²) in [7, 11) is 0. The van der Waals surface area contributed by atoms with Crippen LogP contribution in [0, 0.1) is 6.92 Å². The van der Waals surface area contributed by atoms with Crippen molar-refractivity contribution in [2.75, 3.05) is 0 Å². The van der Waals surface area contributed by atoms with Gasteiger partial charge in [0.2, 0.25) is 0 Å². The number of alkyl halides is 1. The Kier molecular flexibility index (Phi) is 5.19. The molecule has 2 aromatic rings. The Morgan fingerprint density at radius 3 is 2.53 bits per heavy atom. The molecule has 0 bridgehead atoms. The van der Waals surface area contributed by atoms with E-state index in [0.717, 1.165) is 15.6 Å². The molecule has 19 heavy (non-hydrogen) atoms. The molecule has 0 fully saturated rings. The van der Waals surface area contributed by atoms with Gasteiger partial charge >= 0.3 is 0 Å². The summed E-state index contributed by atoms with van der Waals surface area (Å²) in [5.41, 5.74) is 3.34. The average Bonchev–Trinajstić information content (AvgIpc) is 2.37. The molecule has 0 aromatic heterocycles. The number of aryl methyl sites for hydroxylation is 1. The molecule has 1 unspecified atom stereocenters. The van der Waals surface area contributed by atoms with Gasteiger partial charge in [0.15, 0.2) is 0 Å². The van der Waals surface area contributed by atoms with E-state index in [4.69, 9.17) is 34.8 Å². The fourth-order valence-electron chi connectivity index (χ4n) is 1.90. The molecule has 100 valence electrons. The van der Waals surface area contributed by atoms with Crippen molar-refractivity contribution in [1.29, 1.82) is 0 Å². The van der Waals surface area contributed by atoms with Crippen LogP contribution in [-0.4, -0.2) is 0 Å². The highest BCUT2D eigenvalue weighted by atomic mass is 79.9. The first kappa shape index (κ1) is 15.2. The fraction of sp³-hybridized carbons (Fsp3) is 0.200. The molecule has 0 aliphatic rings. The molecule has 0 spiro atoms. The largest absolute Gasteiger partial charge is 0.117 e. The minimum absolute atomic E-state index is 0.105. The molecule has 4 heteroatoms. The zero-order valence-electron chi connectivity index (χ0n) is 10.3. The van der Waals surface area contributed by atoms with Crippen LogP contribution in [0.4, 0.5) is 0 Å². The van der Waals surface area contributed by atoms with Crippen LogP contribution in [0.2, 0.25) is 10.0 Å². The van der Waals surface area contributed by atoms with Crippen molar-refractivity contribution in [1.82, 2.24) is 0 Å². The van der Waals surface area contributed by atoms with Crippen LogP contribution in [0.3, 0.4) is 0 Å². The number of rotatable bonds is 3. The summed E-state index contributed by atoms with van der Waals surface area (Å²) in [6, 6.07) is 11.7. The van der Waals surface area contributed by atoms with Crippen LogP contribution in [0.25, 0.3) is 0 Å². The molecule has 0 aliphatic carbocycles. The highest BCUT2D eigenvalue weighted by molar-refractivity contribution is 9.10. The minimum atomic E-state index is -0.105. The van der Waals surface area contributed by atoms with Gasteiger partial charge < -0.3 is 0 Å². The molecule has 0 aliphatic heterocycles. The number of hydrogen-bond donors (Lipinski definition) is 0. The van der Waals surface area contributed by atoms with Crippen molar-refractivity contribution >= 4 is 50.7 Å². The van der Waals surface area contributed by atoms with E-state index < -0.39 is 0 Å². The van der Waals surface area contributed by atoms with Gasteiger partial charge in [0.25, 0.3) is 0 Å². The Hall–Kier alpha value is -0.210. The standard InChI is InChI=1S/C15H12BrCl3/c1-9-3-2-4-11(15(9)16)13(18)7-10-5-6-12(17)14(19)8-10/h2-6,8,13H,7H2,1H3. The molecule has 0 radical (unpaired) electrons. The Labute approximate surface area is 136 Å². The van der Waals surface area contributed by atoms with E-state index in [1.165, 1.54) is 5.56 Å². The zero-order valence-corrected chi connectivity index (χ0v) is 14.1. The van der Waals surface area contributed by atoms with E-state index >= 15 is 0 Å². The lowest BCUT2D eigenvalue weighted by Gasteiger charge is -2.14. The molecule has 1 atom stereocenters. The van der Waals surface area contributed by atoms with Gasteiger partial charge in [0.05, 0.1) is 15.4 Å². The summed E-state index contributed by atoms with van der Waals surface area (Å²) < 4.78 is 1.06. The summed E-state index contributed by atoms with van der Waals surface area (Å²) in [4.78, 5) is 0. The molecule has 2 aromatic carbocycles. The van der Waals surface area contributed by atoms with Gasteiger partial charge in [-0.05, 0) is 42.2 Å². The molecule has 0 saturated heterocycles. The Balaban J connectivity index is 2.23. The third-order valence-electron chi connectivity index (χ3n) is 2.96. The molecule has 2 rings (SSSR count). The van der Waals surface area contributed by atoms with Gasteiger partial charge in [-0.15, -0.1) is 11.6 Å². The van der Waals surface area contributed by atoms with E-state index in [1.807, 2.05) is 24.3 Å². The zero-order chi connectivity index (χ0) is 14.0. The third kappa shape index (κ3) is 3.66. The maximum atomic E-state index is 6.50. The topological polar surface area (TPSA) is 0 Å². The predicted octanol–water partition coefficient (Wildman–Crippen LogP) is 6.59. The second-order valence-electron chi connectivity index (χ2n) is 4.40.